The van der Waals surface area contributed by atoms with Crippen LogP contribution in [0.2, 0.25) is 0 Å². The molecule has 136 valence electrons. The van der Waals surface area contributed by atoms with Gasteiger partial charge in [0.05, 0.1) is 6.61 Å². The lowest BCUT2D eigenvalue weighted by molar-refractivity contribution is 0.130. The fraction of sp³-hybridized carbons (Fsp3) is 0.478. The van der Waals surface area contributed by atoms with Crippen LogP contribution in [0.25, 0.3) is 11.1 Å². The fourth-order valence-electron chi connectivity index (χ4n) is 2.97. The molecular weight excluding hydrogens is 308 g/mol. The summed E-state index contributed by atoms with van der Waals surface area (Å²) in [7, 11) is 0. The van der Waals surface area contributed by atoms with Gasteiger partial charge in [-0.05, 0) is 48.6 Å². The molecule has 0 saturated carbocycles. The molecule has 0 fully saturated rings. The molecule has 2 aromatic rings. The van der Waals surface area contributed by atoms with Crippen LogP contribution in [0.3, 0.4) is 0 Å². The number of aliphatic hydroxyl groups excluding tert-OH is 1. The van der Waals surface area contributed by atoms with Crippen LogP contribution in [0.4, 0.5) is 0 Å². The van der Waals surface area contributed by atoms with E-state index in [1.165, 1.54) is 61.6 Å². The largest absolute Gasteiger partial charge is 0.488 e. The number of unbranched alkanes of at least 4 members (excludes halogenated alkanes) is 5. The first kappa shape index (κ1) is 19.5. The normalized spacial score (nSPS) is 12.1. The number of hydrogen-bond acceptors (Lipinski definition) is 2. The Labute approximate surface area is 152 Å². The lowest BCUT2D eigenvalue weighted by atomic mass is 10.0. The lowest BCUT2D eigenvalue weighted by Crippen LogP contribution is -2.15. The maximum absolute atomic E-state index is 9.05. The van der Waals surface area contributed by atoms with Crippen LogP contribution in [-0.4, -0.2) is 17.8 Å². The van der Waals surface area contributed by atoms with Crippen LogP contribution in [0.5, 0.6) is 5.75 Å². The van der Waals surface area contributed by atoms with Gasteiger partial charge in [0.15, 0.2) is 0 Å². The van der Waals surface area contributed by atoms with E-state index in [4.69, 9.17) is 9.84 Å². The standard InChI is InChI=1S/C23H32O2/c1-3-4-5-6-7-8-9-20-10-12-21(13-11-20)22-14-16-23(17-15-22)25-19(2)18-24/h10-17,19,24H,3-9,18H2,1-2H3/t19-/m1/s1. The second-order valence-electron chi connectivity index (χ2n) is 6.85. The molecule has 0 amide bonds. The van der Waals surface area contributed by atoms with Gasteiger partial charge in [-0.2, -0.15) is 0 Å². The van der Waals surface area contributed by atoms with Gasteiger partial charge >= 0.3 is 0 Å². The Morgan fingerprint density at radius 3 is 1.96 bits per heavy atom. The number of hydrogen-bond donors (Lipinski definition) is 1. The quantitative estimate of drug-likeness (QED) is 0.507. The molecule has 0 saturated heterocycles. The van der Waals surface area contributed by atoms with Crippen molar-refractivity contribution in [2.45, 2.75) is 64.9 Å². The second kappa shape index (κ2) is 10.9. The highest BCUT2D eigenvalue weighted by Crippen LogP contribution is 2.24. The number of ether oxygens (including phenoxy) is 1. The third kappa shape index (κ3) is 6.91. The molecule has 0 bridgehead atoms. The molecule has 25 heavy (non-hydrogen) atoms. The lowest BCUT2D eigenvalue weighted by Gasteiger charge is -2.12. The summed E-state index contributed by atoms with van der Waals surface area (Å²) in [5.74, 6) is 0.796. The summed E-state index contributed by atoms with van der Waals surface area (Å²) < 4.78 is 5.60. The van der Waals surface area contributed by atoms with Gasteiger partial charge in [0, 0.05) is 0 Å². The molecule has 0 aromatic heterocycles. The number of rotatable bonds is 11. The van der Waals surface area contributed by atoms with Crippen molar-refractivity contribution in [2.75, 3.05) is 6.61 Å². The average Bonchev–Trinajstić information content (AvgIpc) is 2.65. The summed E-state index contributed by atoms with van der Waals surface area (Å²) in [5.41, 5.74) is 3.85. The van der Waals surface area contributed by atoms with Crippen molar-refractivity contribution >= 4 is 0 Å². The van der Waals surface area contributed by atoms with Gasteiger partial charge in [-0.3, -0.25) is 0 Å². The smallest absolute Gasteiger partial charge is 0.119 e. The summed E-state index contributed by atoms with van der Waals surface area (Å²) in [5, 5.41) is 9.05. The van der Waals surface area contributed by atoms with Crippen LogP contribution in [-0.2, 0) is 6.42 Å². The van der Waals surface area contributed by atoms with E-state index >= 15 is 0 Å². The van der Waals surface area contributed by atoms with Gasteiger partial charge in [-0.1, -0.05) is 75.4 Å². The Morgan fingerprint density at radius 1 is 0.800 bits per heavy atom. The van der Waals surface area contributed by atoms with Gasteiger partial charge in [-0.15, -0.1) is 0 Å². The molecule has 2 aromatic carbocycles. The van der Waals surface area contributed by atoms with E-state index in [-0.39, 0.29) is 12.7 Å². The number of benzene rings is 2. The third-order valence-corrected chi connectivity index (χ3v) is 4.55. The van der Waals surface area contributed by atoms with Crippen molar-refractivity contribution in [3.63, 3.8) is 0 Å². The van der Waals surface area contributed by atoms with Gasteiger partial charge in [-0.25, -0.2) is 0 Å². The first-order chi connectivity index (χ1) is 12.2. The molecule has 0 spiro atoms. The minimum Gasteiger partial charge on any atom is -0.488 e. The van der Waals surface area contributed by atoms with Crippen LogP contribution in [0.1, 0.15) is 57.9 Å². The Balaban J connectivity index is 1.83. The predicted octanol–water partition coefficient (Wildman–Crippen LogP) is 6.02. The fourth-order valence-corrected chi connectivity index (χ4v) is 2.97. The monoisotopic (exact) mass is 340 g/mol. The molecule has 2 nitrogen and oxygen atoms in total. The van der Waals surface area contributed by atoms with Gasteiger partial charge < -0.3 is 9.84 Å². The highest BCUT2D eigenvalue weighted by molar-refractivity contribution is 5.64. The Bertz CT molecular complexity index is 586. The SMILES string of the molecule is CCCCCCCCc1ccc(-c2ccc(O[C@H](C)CO)cc2)cc1. The highest BCUT2D eigenvalue weighted by atomic mass is 16.5. The molecule has 1 N–H and O–H groups in total. The van der Waals surface area contributed by atoms with Crippen molar-refractivity contribution in [1.29, 1.82) is 0 Å². The van der Waals surface area contributed by atoms with E-state index in [0.717, 1.165) is 5.75 Å². The molecule has 1 atom stereocenters. The predicted molar refractivity (Wildman–Crippen MR) is 106 cm³/mol. The van der Waals surface area contributed by atoms with Gasteiger partial charge in [0.1, 0.15) is 11.9 Å². The summed E-state index contributed by atoms with van der Waals surface area (Å²) >= 11 is 0. The Hall–Kier alpha value is -1.80. The highest BCUT2D eigenvalue weighted by Gasteiger charge is 2.03. The summed E-state index contributed by atoms with van der Waals surface area (Å²) in [6, 6.07) is 17.0. The molecule has 2 heteroatoms. The minimum absolute atomic E-state index is 0.0296. The molecule has 0 heterocycles. The van der Waals surface area contributed by atoms with Gasteiger partial charge in [0.25, 0.3) is 0 Å². The topological polar surface area (TPSA) is 29.5 Å². The van der Waals surface area contributed by atoms with E-state index < -0.39 is 0 Å². The van der Waals surface area contributed by atoms with Crippen LogP contribution in [0, 0.1) is 0 Å². The van der Waals surface area contributed by atoms with Crippen molar-refractivity contribution in [3.8, 4) is 16.9 Å². The first-order valence-corrected chi connectivity index (χ1v) is 9.70. The van der Waals surface area contributed by atoms with Crippen LogP contribution >= 0.6 is 0 Å². The molecule has 0 unspecified atom stereocenters. The molecule has 0 aliphatic heterocycles. The summed E-state index contributed by atoms with van der Waals surface area (Å²) in [6.07, 6.45) is 9.08. The molecule has 0 radical (unpaired) electrons. The van der Waals surface area contributed by atoms with E-state index in [1.807, 2.05) is 19.1 Å². The van der Waals surface area contributed by atoms with Crippen LogP contribution < -0.4 is 4.74 Å². The Morgan fingerprint density at radius 2 is 1.36 bits per heavy atom. The number of aryl methyl sites for hydroxylation is 1. The van der Waals surface area contributed by atoms with E-state index in [9.17, 15) is 0 Å². The van der Waals surface area contributed by atoms with E-state index in [0.29, 0.717) is 0 Å². The maximum atomic E-state index is 9.05. The zero-order valence-electron chi connectivity index (χ0n) is 15.7. The second-order valence-corrected chi connectivity index (χ2v) is 6.85. The third-order valence-electron chi connectivity index (χ3n) is 4.55. The van der Waals surface area contributed by atoms with Crippen molar-refractivity contribution in [1.82, 2.24) is 0 Å². The van der Waals surface area contributed by atoms with Gasteiger partial charge in [0.2, 0.25) is 0 Å². The van der Waals surface area contributed by atoms with E-state index in [2.05, 4.69) is 43.3 Å². The molecule has 2 rings (SSSR count). The zero-order chi connectivity index (χ0) is 17.9. The first-order valence-electron chi connectivity index (χ1n) is 9.70. The Kier molecular flexibility index (Phi) is 8.54. The van der Waals surface area contributed by atoms with E-state index in [1.54, 1.807) is 0 Å². The molecule has 0 aliphatic rings. The minimum atomic E-state index is -0.174. The van der Waals surface area contributed by atoms with Crippen molar-refractivity contribution in [3.05, 3.63) is 54.1 Å². The summed E-state index contributed by atoms with van der Waals surface area (Å²) in [6.45, 7) is 4.15. The number of aliphatic hydroxyl groups is 1. The maximum Gasteiger partial charge on any atom is 0.119 e. The van der Waals surface area contributed by atoms with Crippen LogP contribution in [0.15, 0.2) is 48.5 Å². The molecule has 0 aliphatic carbocycles. The molecular formula is C23H32O2. The van der Waals surface area contributed by atoms with Crippen molar-refractivity contribution < 1.29 is 9.84 Å². The average molecular weight is 341 g/mol. The zero-order valence-corrected chi connectivity index (χ0v) is 15.7. The van der Waals surface area contributed by atoms with Crippen molar-refractivity contribution in [2.24, 2.45) is 0 Å². The summed E-state index contributed by atoms with van der Waals surface area (Å²) in [4.78, 5) is 0.